The van der Waals surface area contributed by atoms with Crippen LogP contribution in [-0.2, 0) is 13.0 Å². The van der Waals surface area contributed by atoms with Crippen LogP contribution in [0.4, 0.5) is 5.69 Å². The molecule has 1 aliphatic rings. The zero-order chi connectivity index (χ0) is 19.5. The van der Waals surface area contributed by atoms with Crippen molar-refractivity contribution in [1.29, 1.82) is 0 Å². The maximum atomic E-state index is 13.0. The van der Waals surface area contributed by atoms with Crippen LogP contribution in [0.15, 0.2) is 78.9 Å². The molecule has 140 valence electrons. The quantitative estimate of drug-likeness (QED) is 0.748. The number of hydrogen-bond acceptors (Lipinski definition) is 2. The summed E-state index contributed by atoms with van der Waals surface area (Å²) < 4.78 is 0. The molecule has 4 nitrogen and oxygen atoms in total. The zero-order valence-electron chi connectivity index (χ0n) is 15.8. The van der Waals surface area contributed by atoms with Gasteiger partial charge >= 0.3 is 0 Å². The maximum absolute atomic E-state index is 13.0. The number of rotatable bonds is 4. The molecule has 28 heavy (non-hydrogen) atoms. The lowest BCUT2D eigenvalue weighted by Gasteiger charge is -2.23. The van der Waals surface area contributed by atoms with E-state index in [1.807, 2.05) is 65.6 Å². The Bertz CT molecular complexity index is 997. The first kappa shape index (κ1) is 18.0. The summed E-state index contributed by atoms with van der Waals surface area (Å²) >= 11 is 0. The van der Waals surface area contributed by atoms with Gasteiger partial charge in [0.05, 0.1) is 0 Å². The van der Waals surface area contributed by atoms with Gasteiger partial charge in [0.2, 0.25) is 0 Å². The average molecular weight is 370 g/mol. The summed E-state index contributed by atoms with van der Waals surface area (Å²) in [4.78, 5) is 27.1. The fourth-order valence-corrected chi connectivity index (χ4v) is 3.65. The third-order valence-electron chi connectivity index (χ3n) is 5.12. The summed E-state index contributed by atoms with van der Waals surface area (Å²) in [6.07, 6.45) is 0.880. The Balaban J connectivity index is 1.43. The van der Waals surface area contributed by atoms with E-state index in [9.17, 15) is 9.59 Å². The number of nitrogens with zero attached hydrogens (tertiary/aromatic N) is 1. The number of carbonyl (C=O) groups is 2. The van der Waals surface area contributed by atoms with E-state index in [1.54, 1.807) is 12.1 Å². The minimum Gasteiger partial charge on any atom is -0.348 e. The molecule has 1 unspecified atom stereocenters. The summed E-state index contributed by atoms with van der Waals surface area (Å²) in [6, 6.07) is 24.8. The molecule has 0 spiro atoms. The molecular formula is C24H22N2O2. The van der Waals surface area contributed by atoms with Crippen LogP contribution in [-0.4, -0.2) is 17.9 Å². The van der Waals surface area contributed by atoms with Crippen LogP contribution in [0, 0.1) is 0 Å². The molecule has 0 fully saturated rings. The predicted octanol–water partition coefficient (Wildman–Crippen LogP) is 4.21. The van der Waals surface area contributed by atoms with E-state index in [0.29, 0.717) is 17.7 Å². The van der Waals surface area contributed by atoms with E-state index >= 15 is 0 Å². The van der Waals surface area contributed by atoms with Crippen molar-refractivity contribution in [3.8, 4) is 0 Å². The van der Waals surface area contributed by atoms with Gasteiger partial charge in [-0.2, -0.15) is 0 Å². The molecule has 0 radical (unpaired) electrons. The Hall–Kier alpha value is -3.40. The Morgan fingerprint density at radius 2 is 1.57 bits per heavy atom. The van der Waals surface area contributed by atoms with Crippen molar-refractivity contribution in [2.24, 2.45) is 0 Å². The van der Waals surface area contributed by atoms with Gasteiger partial charge in [0, 0.05) is 29.4 Å². The molecule has 0 saturated heterocycles. The Labute approximate surface area is 164 Å². The second-order valence-corrected chi connectivity index (χ2v) is 7.10. The first-order chi connectivity index (χ1) is 13.6. The Kier molecular flexibility index (Phi) is 4.94. The summed E-state index contributed by atoms with van der Waals surface area (Å²) in [5.74, 6) is -0.0967. The smallest absolute Gasteiger partial charge is 0.258 e. The van der Waals surface area contributed by atoms with E-state index in [1.165, 1.54) is 5.56 Å². The van der Waals surface area contributed by atoms with E-state index in [2.05, 4.69) is 18.3 Å². The highest BCUT2D eigenvalue weighted by molar-refractivity contribution is 6.07. The molecule has 1 aliphatic heterocycles. The summed E-state index contributed by atoms with van der Waals surface area (Å²) in [5, 5.41) is 2.90. The second-order valence-electron chi connectivity index (χ2n) is 7.10. The van der Waals surface area contributed by atoms with Gasteiger partial charge in [-0.3, -0.25) is 9.59 Å². The van der Waals surface area contributed by atoms with Crippen LogP contribution in [0.3, 0.4) is 0 Å². The first-order valence-electron chi connectivity index (χ1n) is 9.47. The van der Waals surface area contributed by atoms with Gasteiger partial charge in [-0.25, -0.2) is 0 Å². The number of para-hydroxylation sites is 1. The van der Waals surface area contributed by atoms with E-state index in [0.717, 1.165) is 17.7 Å². The number of amides is 2. The Morgan fingerprint density at radius 1 is 0.893 bits per heavy atom. The minimum atomic E-state index is -0.108. The van der Waals surface area contributed by atoms with Gasteiger partial charge in [-0.05, 0) is 54.8 Å². The molecule has 1 N–H and O–H groups in total. The van der Waals surface area contributed by atoms with Crippen molar-refractivity contribution in [2.45, 2.75) is 25.9 Å². The van der Waals surface area contributed by atoms with E-state index in [4.69, 9.17) is 0 Å². The van der Waals surface area contributed by atoms with Crippen LogP contribution in [0.5, 0.6) is 0 Å². The van der Waals surface area contributed by atoms with E-state index < -0.39 is 0 Å². The topological polar surface area (TPSA) is 49.4 Å². The maximum Gasteiger partial charge on any atom is 0.258 e. The molecule has 0 bridgehead atoms. The lowest BCUT2D eigenvalue weighted by atomic mass is 10.1. The van der Waals surface area contributed by atoms with Crippen LogP contribution in [0.25, 0.3) is 0 Å². The van der Waals surface area contributed by atoms with Crippen molar-refractivity contribution in [1.82, 2.24) is 5.32 Å². The lowest BCUT2D eigenvalue weighted by Crippen LogP contribution is -2.35. The van der Waals surface area contributed by atoms with Crippen LogP contribution < -0.4 is 10.2 Å². The first-order valence-corrected chi connectivity index (χ1v) is 9.47. The van der Waals surface area contributed by atoms with E-state index in [-0.39, 0.29) is 17.9 Å². The SMILES string of the molecule is CC1Cc2ccccc2N1C(=O)c1ccc(CNC(=O)c2ccccc2)cc1. The normalized spacial score (nSPS) is 15.2. The number of fused-ring (bicyclic) bond motifs is 1. The number of carbonyl (C=O) groups excluding carboxylic acids is 2. The average Bonchev–Trinajstić information content (AvgIpc) is 3.08. The van der Waals surface area contributed by atoms with Gasteiger partial charge in [-0.1, -0.05) is 48.5 Å². The van der Waals surface area contributed by atoms with Crippen LogP contribution in [0.2, 0.25) is 0 Å². The molecule has 4 rings (SSSR count). The molecular weight excluding hydrogens is 348 g/mol. The van der Waals surface area contributed by atoms with Gasteiger partial charge in [0.25, 0.3) is 11.8 Å². The molecule has 3 aromatic rings. The lowest BCUT2D eigenvalue weighted by molar-refractivity contribution is 0.0948. The van der Waals surface area contributed by atoms with Crippen molar-refractivity contribution in [2.75, 3.05) is 4.90 Å². The minimum absolute atomic E-state index is 0.0114. The molecule has 0 aromatic heterocycles. The summed E-state index contributed by atoms with van der Waals surface area (Å²) in [7, 11) is 0. The summed E-state index contributed by atoms with van der Waals surface area (Å²) in [6.45, 7) is 2.50. The molecule has 1 atom stereocenters. The molecule has 2 amide bonds. The van der Waals surface area contributed by atoms with Crippen molar-refractivity contribution in [3.63, 3.8) is 0 Å². The number of anilines is 1. The molecule has 0 aliphatic carbocycles. The molecule has 1 heterocycles. The monoisotopic (exact) mass is 370 g/mol. The van der Waals surface area contributed by atoms with Gasteiger partial charge in [0.1, 0.15) is 0 Å². The fraction of sp³-hybridized carbons (Fsp3) is 0.167. The van der Waals surface area contributed by atoms with Crippen LogP contribution >= 0.6 is 0 Å². The highest BCUT2D eigenvalue weighted by Crippen LogP contribution is 2.33. The number of hydrogen-bond donors (Lipinski definition) is 1. The van der Waals surface area contributed by atoms with Gasteiger partial charge < -0.3 is 10.2 Å². The molecule has 4 heteroatoms. The van der Waals surface area contributed by atoms with Crippen molar-refractivity contribution >= 4 is 17.5 Å². The van der Waals surface area contributed by atoms with Gasteiger partial charge in [0.15, 0.2) is 0 Å². The highest BCUT2D eigenvalue weighted by atomic mass is 16.2. The summed E-state index contributed by atoms with van der Waals surface area (Å²) in [5.41, 5.74) is 4.45. The fourth-order valence-electron chi connectivity index (χ4n) is 3.65. The second kappa shape index (κ2) is 7.69. The van der Waals surface area contributed by atoms with Crippen LogP contribution in [0.1, 0.15) is 38.8 Å². The number of benzene rings is 3. The zero-order valence-corrected chi connectivity index (χ0v) is 15.8. The standard InChI is InChI=1S/C24H22N2O2/c1-17-15-21-9-5-6-10-22(21)26(17)24(28)20-13-11-18(12-14-20)16-25-23(27)19-7-3-2-4-8-19/h2-14,17H,15-16H2,1H3,(H,25,27). The van der Waals surface area contributed by atoms with Crippen molar-refractivity contribution in [3.05, 3.63) is 101 Å². The Morgan fingerprint density at radius 3 is 2.32 bits per heavy atom. The third kappa shape index (κ3) is 3.54. The van der Waals surface area contributed by atoms with Crippen molar-refractivity contribution < 1.29 is 9.59 Å². The largest absolute Gasteiger partial charge is 0.348 e. The third-order valence-corrected chi connectivity index (χ3v) is 5.12. The number of nitrogens with one attached hydrogen (secondary N) is 1. The van der Waals surface area contributed by atoms with Gasteiger partial charge in [-0.15, -0.1) is 0 Å². The predicted molar refractivity (Wildman–Crippen MR) is 110 cm³/mol. The molecule has 0 saturated carbocycles. The molecule has 3 aromatic carbocycles. The highest BCUT2D eigenvalue weighted by Gasteiger charge is 2.31.